The van der Waals surface area contributed by atoms with Crippen molar-refractivity contribution in [3.05, 3.63) is 6.20 Å². The minimum absolute atomic E-state index is 0.632. The number of hydrogen-bond acceptors (Lipinski definition) is 5. The Labute approximate surface area is 102 Å². The van der Waals surface area contributed by atoms with Crippen molar-refractivity contribution < 1.29 is 0 Å². The van der Waals surface area contributed by atoms with E-state index in [-0.39, 0.29) is 0 Å². The number of nitrogen functional groups attached to an aromatic ring is 1. The van der Waals surface area contributed by atoms with Crippen LogP contribution in [0.15, 0.2) is 6.20 Å². The first kappa shape index (κ1) is 13.3. The third-order valence-corrected chi connectivity index (χ3v) is 3.07. The van der Waals surface area contributed by atoms with E-state index in [1.54, 1.807) is 17.5 Å². The summed E-state index contributed by atoms with van der Waals surface area (Å²) in [5.74, 6) is 0.632. The van der Waals surface area contributed by atoms with E-state index in [2.05, 4.69) is 42.7 Å². The lowest BCUT2D eigenvalue weighted by Gasteiger charge is -2.25. The molecular weight excluding hydrogens is 220 g/mol. The van der Waals surface area contributed by atoms with Gasteiger partial charge in [0.1, 0.15) is 5.00 Å². The molecule has 0 spiro atoms. The number of nitrogens with zero attached hydrogens (tertiary/aromatic N) is 3. The van der Waals surface area contributed by atoms with Gasteiger partial charge in [0.2, 0.25) is 0 Å². The quantitative estimate of drug-likeness (QED) is 0.825. The predicted octanol–water partition coefficient (Wildman–Crippen LogP) is 1.75. The van der Waals surface area contributed by atoms with E-state index in [1.807, 2.05) is 0 Å². The lowest BCUT2D eigenvalue weighted by atomic mass is 10.2. The smallest absolute Gasteiger partial charge is 0.187 e. The fourth-order valence-electron chi connectivity index (χ4n) is 1.45. The van der Waals surface area contributed by atoms with Gasteiger partial charge in [-0.25, -0.2) is 4.98 Å². The molecule has 0 saturated heterocycles. The first-order valence-corrected chi connectivity index (χ1v) is 6.41. The average molecular weight is 242 g/mol. The second-order valence-corrected chi connectivity index (χ2v) is 5.73. The van der Waals surface area contributed by atoms with Crippen molar-refractivity contribution in [2.45, 2.75) is 13.8 Å². The zero-order valence-electron chi connectivity index (χ0n) is 10.6. The number of aromatic nitrogens is 1. The lowest BCUT2D eigenvalue weighted by molar-refractivity contribution is 0.409. The molecule has 1 aromatic heterocycles. The molecule has 0 saturated carbocycles. The third-order valence-electron chi connectivity index (χ3n) is 2.18. The largest absolute Gasteiger partial charge is 0.389 e. The molecule has 0 radical (unpaired) electrons. The van der Waals surface area contributed by atoms with Crippen LogP contribution in [0.4, 0.5) is 10.1 Å². The van der Waals surface area contributed by atoms with Crippen molar-refractivity contribution in [2.24, 2.45) is 5.92 Å². The molecule has 0 fully saturated rings. The summed E-state index contributed by atoms with van der Waals surface area (Å²) in [5, 5.41) is 1.82. The van der Waals surface area contributed by atoms with Crippen LogP contribution < -0.4 is 10.6 Å². The first-order valence-electron chi connectivity index (χ1n) is 5.60. The number of hydrogen-bond donors (Lipinski definition) is 1. The molecule has 0 unspecified atom stereocenters. The van der Waals surface area contributed by atoms with E-state index in [4.69, 9.17) is 5.73 Å². The maximum Gasteiger partial charge on any atom is 0.187 e. The summed E-state index contributed by atoms with van der Waals surface area (Å²) < 4.78 is 0. The van der Waals surface area contributed by atoms with Crippen LogP contribution in [0.2, 0.25) is 0 Å². The molecule has 1 rings (SSSR count). The number of rotatable bonds is 6. The number of likely N-dealkylation sites (N-methyl/N-ethyl adjacent to an activating group) is 1. The topological polar surface area (TPSA) is 45.4 Å². The van der Waals surface area contributed by atoms with Gasteiger partial charge in [0.05, 0.1) is 6.20 Å². The van der Waals surface area contributed by atoms with Crippen molar-refractivity contribution in [3.8, 4) is 0 Å². The predicted molar refractivity (Wildman–Crippen MR) is 72.1 cm³/mol. The number of thiazole rings is 1. The minimum Gasteiger partial charge on any atom is -0.389 e. The van der Waals surface area contributed by atoms with Crippen molar-refractivity contribution >= 4 is 21.5 Å². The Bertz CT molecular complexity index is 309. The van der Waals surface area contributed by atoms with Crippen LogP contribution in [-0.4, -0.2) is 43.6 Å². The Morgan fingerprint density at radius 2 is 2.06 bits per heavy atom. The summed E-state index contributed by atoms with van der Waals surface area (Å²) in [6, 6.07) is 0. The first-order chi connectivity index (χ1) is 7.49. The van der Waals surface area contributed by atoms with E-state index < -0.39 is 0 Å². The summed E-state index contributed by atoms with van der Waals surface area (Å²) in [4.78, 5) is 8.84. The summed E-state index contributed by atoms with van der Waals surface area (Å²) in [6.45, 7) is 7.50. The van der Waals surface area contributed by atoms with Crippen molar-refractivity contribution in [2.75, 3.05) is 44.4 Å². The molecule has 92 valence electrons. The second kappa shape index (κ2) is 6.06. The molecule has 0 aromatic carbocycles. The fourth-order valence-corrected chi connectivity index (χ4v) is 2.17. The Morgan fingerprint density at radius 3 is 2.50 bits per heavy atom. The van der Waals surface area contributed by atoms with Gasteiger partial charge in [-0.05, 0) is 20.0 Å². The van der Waals surface area contributed by atoms with E-state index >= 15 is 0 Å². The highest BCUT2D eigenvalue weighted by molar-refractivity contribution is 7.19. The highest BCUT2D eigenvalue weighted by atomic mass is 32.1. The highest BCUT2D eigenvalue weighted by Gasteiger charge is 2.12. The third kappa shape index (κ3) is 4.37. The molecule has 0 aliphatic heterocycles. The van der Waals surface area contributed by atoms with Gasteiger partial charge in [0, 0.05) is 19.6 Å². The van der Waals surface area contributed by atoms with Crippen LogP contribution >= 0.6 is 11.3 Å². The zero-order chi connectivity index (χ0) is 12.1. The molecule has 5 heteroatoms. The Balaban J connectivity index is 2.63. The van der Waals surface area contributed by atoms with Gasteiger partial charge in [0.15, 0.2) is 5.13 Å². The van der Waals surface area contributed by atoms with E-state index in [0.717, 1.165) is 29.8 Å². The molecule has 0 amide bonds. The van der Waals surface area contributed by atoms with Crippen LogP contribution in [0.25, 0.3) is 0 Å². The molecule has 0 aliphatic rings. The molecular formula is C11H22N4S. The summed E-state index contributed by atoms with van der Waals surface area (Å²) in [7, 11) is 4.17. The SMILES string of the molecule is CC(C)CN(CCN(C)C)c1ncc(N)s1. The van der Waals surface area contributed by atoms with Gasteiger partial charge in [0.25, 0.3) is 0 Å². The molecule has 1 aromatic rings. The molecule has 2 N–H and O–H groups in total. The van der Waals surface area contributed by atoms with Gasteiger partial charge >= 0.3 is 0 Å². The van der Waals surface area contributed by atoms with Crippen LogP contribution in [0, 0.1) is 5.92 Å². The number of anilines is 2. The van der Waals surface area contributed by atoms with Crippen LogP contribution in [-0.2, 0) is 0 Å². The highest BCUT2D eigenvalue weighted by Crippen LogP contribution is 2.24. The lowest BCUT2D eigenvalue weighted by Crippen LogP contribution is -2.34. The van der Waals surface area contributed by atoms with Crippen LogP contribution in [0.1, 0.15) is 13.8 Å². The Kier molecular flexibility index (Phi) is 5.02. The van der Waals surface area contributed by atoms with Crippen molar-refractivity contribution in [3.63, 3.8) is 0 Å². The second-order valence-electron chi connectivity index (χ2n) is 4.69. The monoisotopic (exact) mass is 242 g/mol. The van der Waals surface area contributed by atoms with Gasteiger partial charge in [-0.1, -0.05) is 25.2 Å². The van der Waals surface area contributed by atoms with Crippen molar-refractivity contribution in [1.29, 1.82) is 0 Å². The number of nitrogens with two attached hydrogens (primary N) is 1. The van der Waals surface area contributed by atoms with Gasteiger partial charge in [-0.2, -0.15) is 0 Å². The Morgan fingerprint density at radius 1 is 1.38 bits per heavy atom. The van der Waals surface area contributed by atoms with Crippen LogP contribution in [0.5, 0.6) is 0 Å². The van der Waals surface area contributed by atoms with Crippen LogP contribution in [0.3, 0.4) is 0 Å². The van der Waals surface area contributed by atoms with Gasteiger partial charge in [-0.3, -0.25) is 0 Å². The fraction of sp³-hybridized carbons (Fsp3) is 0.727. The maximum absolute atomic E-state index is 5.72. The van der Waals surface area contributed by atoms with E-state index in [1.165, 1.54) is 0 Å². The molecule has 4 nitrogen and oxygen atoms in total. The molecule has 1 heterocycles. The molecule has 16 heavy (non-hydrogen) atoms. The zero-order valence-corrected chi connectivity index (χ0v) is 11.4. The minimum atomic E-state index is 0.632. The molecule has 0 atom stereocenters. The standard InChI is InChI=1S/C11H22N4S/c1-9(2)8-15(6-5-14(3)4)11-13-7-10(12)16-11/h7,9H,5-6,8,12H2,1-4H3. The van der Waals surface area contributed by atoms with E-state index in [9.17, 15) is 0 Å². The van der Waals surface area contributed by atoms with E-state index in [0.29, 0.717) is 5.92 Å². The summed E-state index contributed by atoms with van der Waals surface area (Å²) in [6.07, 6.45) is 1.74. The molecule has 0 bridgehead atoms. The molecule has 0 aliphatic carbocycles. The van der Waals surface area contributed by atoms with Gasteiger partial charge in [-0.15, -0.1) is 0 Å². The normalized spacial score (nSPS) is 11.4. The van der Waals surface area contributed by atoms with Crippen molar-refractivity contribution in [1.82, 2.24) is 9.88 Å². The Hall–Kier alpha value is -0.810. The maximum atomic E-state index is 5.72. The van der Waals surface area contributed by atoms with Gasteiger partial charge < -0.3 is 15.5 Å². The summed E-state index contributed by atoms with van der Waals surface area (Å²) in [5.41, 5.74) is 5.72. The average Bonchev–Trinajstić information content (AvgIpc) is 2.58. The summed E-state index contributed by atoms with van der Waals surface area (Å²) >= 11 is 1.56.